The van der Waals surface area contributed by atoms with E-state index in [9.17, 15) is 8.42 Å². The predicted octanol–water partition coefficient (Wildman–Crippen LogP) is 1.98. The second-order valence-corrected chi connectivity index (χ2v) is 6.51. The molecule has 1 fully saturated rings. The van der Waals surface area contributed by atoms with Crippen molar-refractivity contribution in [2.75, 3.05) is 16.6 Å². The molecule has 4 nitrogen and oxygen atoms in total. The van der Waals surface area contributed by atoms with Crippen LogP contribution in [0, 0.1) is 0 Å². The molecule has 2 N–H and O–H groups in total. The third-order valence-corrected chi connectivity index (χ3v) is 5.19. The number of rotatable bonds is 5. The van der Waals surface area contributed by atoms with Crippen molar-refractivity contribution in [1.82, 2.24) is 0 Å². The zero-order chi connectivity index (χ0) is 12.5. The SMILES string of the molecule is CCCN(c1ccccc1N)S(=O)(=O)C1CC1. The molecule has 1 saturated carbocycles. The second kappa shape index (κ2) is 4.56. The molecular formula is C12H18N2O2S. The van der Waals surface area contributed by atoms with Gasteiger partial charge in [-0.2, -0.15) is 0 Å². The molecule has 0 aromatic heterocycles. The van der Waals surface area contributed by atoms with Crippen LogP contribution in [0.3, 0.4) is 0 Å². The van der Waals surface area contributed by atoms with Gasteiger partial charge in [-0.25, -0.2) is 8.42 Å². The molecule has 1 aliphatic rings. The Hall–Kier alpha value is -1.23. The molecule has 0 bridgehead atoms. The quantitative estimate of drug-likeness (QED) is 0.817. The number of nitrogens with two attached hydrogens (primary N) is 1. The number of hydrogen-bond donors (Lipinski definition) is 1. The van der Waals surface area contributed by atoms with E-state index in [1.807, 2.05) is 19.1 Å². The zero-order valence-corrected chi connectivity index (χ0v) is 10.8. The lowest BCUT2D eigenvalue weighted by Gasteiger charge is -2.25. The van der Waals surface area contributed by atoms with E-state index in [4.69, 9.17) is 5.73 Å². The van der Waals surface area contributed by atoms with Crippen molar-refractivity contribution in [3.05, 3.63) is 24.3 Å². The molecule has 0 unspecified atom stereocenters. The minimum atomic E-state index is -3.21. The molecule has 0 heterocycles. The lowest BCUT2D eigenvalue weighted by atomic mass is 10.2. The van der Waals surface area contributed by atoms with Crippen LogP contribution in [-0.4, -0.2) is 20.2 Å². The Morgan fingerprint density at radius 2 is 2.00 bits per heavy atom. The van der Waals surface area contributed by atoms with Crippen LogP contribution in [0.2, 0.25) is 0 Å². The first-order valence-electron chi connectivity index (χ1n) is 5.93. The van der Waals surface area contributed by atoms with Crippen LogP contribution in [0.4, 0.5) is 11.4 Å². The van der Waals surface area contributed by atoms with E-state index in [1.165, 1.54) is 4.31 Å². The van der Waals surface area contributed by atoms with Crippen molar-refractivity contribution in [1.29, 1.82) is 0 Å². The van der Waals surface area contributed by atoms with Crippen LogP contribution in [0.15, 0.2) is 24.3 Å². The molecule has 0 spiro atoms. The summed E-state index contributed by atoms with van der Waals surface area (Å²) in [6.45, 7) is 2.46. The van der Waals surface area contributed by atoms with Crippen LogP contribution < -0.4 is 10.0 Å². The molecule has 1 aliphatic carbocycles. The first-order valence-corrected chi connectivity index (χ1v) is 7.43. The number of nitrogen functional groups attached to an aromatic ring is 1. The van der Waals surface area contributed by atoms with Gasteiger partial charge in [-0.1, -0.05) is 19.1 Å². The van der Waals surface area contributed by atoms with E-state index in [1.54, 1.807) is 12.1 Å². The Morgan fingerprint density at radius 1 is 1.35 bits per heavy atom. The maximum absolute atomic E-state index is 12.3. The van der Waals surface area contributed by atoms with Gasteiger partial charge in [-0.15, -0.1) is 0 Å². The van der Waals surface area contributed by atoms with Gasteiger partial charge in [-0.05, 0) is 31.4 Å². The molecule has 2 rings (SSSR count). The van der Waals surface area contributed by atoms with Crippen LogP contribution in [0.5, 0.6) is 0 Å². The Balaban J connectivity index is 2.39. The largest absolute Gasteiger partial charge is 0.397 e. The van der Waals surface area contributed by atoms with Crippen molar-refractivity contribution < 1.29 is 8.42 Å². The summed E-state index contributed by atoms with van der Waals surface area (Å²) in [6.07, 6.45) is 2.32. The fraction of sp³-hybridized carbons (Fsp3) is 0.500. The summed E-state index contributed by atoms with van der Waals surface area (Å²) in [6, 6.07) is 7.13. The van der Waals surface area contributed by atoms with E-state index in [2.05, 4.69) is 0 Å². The van der Waals surface area contributed by atoms with Crippen molar-refractivity contribution >= 4 is 21.4 Å². The summed E-state index contributed by atoms with van der Waals surface area (Å²) in [5.41, 5.74) is 6.99. The van der Waals surface area contributed by atoms with E-state index in [-0.39, 0.29) is 5.25 Å². The minimum Gasteiger partial charge on any atom is -0.397 e. The molecular weight excluding hydrogens is 236 g/mol. The van der Waals surface area contributed by atoms with E-state index in [0.29, 0.717) is 17.9 Å². The molecule has 0 amide bonds. The summed E-state index contributed by atoms with van der Waals surface area (Å²) >= 11 is 0. The highest BCUT2D eigenvalue weighted by Crippen LogP contribution is 2.35. The van der Waals surface area contributed by atoms with Crippen molar-refractivity contribution in [2.24, 2.45) is 0 Å². The third-order valence-electron chi connectivity index (χ3n) is 2.88. The van der Waals surface area contributed by atoms with E-state index >= 15 is 0 Å². The normalized spacial score (nSPS) is 15.8. The molecule has 0 atom stereocenters. The summed E-state index contributed by atoms with van der Waals surface area (Å²) in [4.78, 5) is 0. The maximum Gasteiger partial charge on any atom is 0.238 e. The average molecular weight is 254 g/mol. The monoisotopic (exact) mass is 254 g/mol. The van der Waals surface area contributed by atoms with Gasteiger partial charge in [0.2, 0.25) is 10.0 Å². The summed E-state index contributed by atoms with van der Waals surface area (Å²) in [5, 5.41) is -0.200. The van der Waals surface area contributed by atoms with Gasteiger partial charge >= 0.3 is 0 Å². The standard InChI is InChI=1S/C12H18N2O2S/c1-2-9-14(17(15,16)10-7-8-10)12-6-4-3-5-11(12)13/h3-6,10H,2,7-9,13H2,1H3. The van der Waals surface area contributed by atoms with Gasteiger partial charge in [0.25, 0.3) is 0 Å². The van der Waals surface area contributed by atoms with Gasteiger partial charge in [0.1, 0.15) is 0 Å². The van der Waals surface area contributed by atoms with Crippen molar-refractivity contribution in [3.63, 3.8) is 0 Å². The van der Waals surface area contributed by atoms with E-state index < -0.39 is 10.0 Å². The molecule has 94 valence electrons. The fourth-order valence-electron chi connectivity index (χ4n) is 1.85. The van der Waals surface area contributed by atoms with Crippen LogP contribution in [-0.2, 0) is 10.0 Å². The smallest absolute Gasteiger partial charge is 0.238 e. The summed E-state index contributed by atoms with van der Waals surface area (Å²) in [5.74, 6) is 0. The van der Waals surface area contributed by atoms with Crippen LogP contribution >= 0.6 is 0 Å². The Bertz CT molecular complexity index is 495. The fourth-order valence-corrected chi connectivity index (χ4v) is 3.82. The highest BCUT2D eigenvalue weighted by atomic mass is 32.2. The molecule has 17 heavy (non-hydrogen) atoms. The highest BCUT2D eigenvalue weighted by Gasteiger charge is 2.40. The zero-order valence-electron chi connectivity index (χ0n) is 9.96. The number of nitrogens with zero attached hydrogens (tertiary/aromatic N) is 1. The minimum absolute atomic E-state index is 0.200. The van der Waals surface area contributed by atoms with E-state index in [0.717, 1.165) is 19.3 Å². The Labute approximate surface area is 102 Å². The van der Waals surface area contributed by atoms with Crippen LogP contribution in [0.1, 0.15) is 26.2 Å². The molecule has 1 aromatic rings. The first-order chi connectivity index (χ1) is 8.07. The molecule has 1 aromatic carbocycles. The third kappa shape index (κ3) is 2.39. The summed E-state index contributed by atoms with van der Waals surface area (Å²) < 4.78 is 26.1. The van der Waals surface area contributed by atoms with Crippen molar-refractivity contribution in [2.45, 2.75) is 31.4 Å². The molecule has 0 aliphatic heterocycles. The Kier molecular flexibility index (Phi) is 3.28. The average Bonchev–Trinajstić information content (AvgIpc) is 3.11. The van der Waals surface area contributed by atoms with Crippen LogP contribution in [0.25, 0.3) is 0 Å². The van der Waals surface area contributed by atoms with Gasteiger partial charge in [0.15, 0.2) is 0 Å². The van der Waals surface area contributed by atoms with Gasteiger partial charge in [0, 0.05) is 6.54 Å². The van der Waals surface area contributed by atoms with Gasteiger partial charge < -0.3 is 5.73 Å². The number of sulfonamides is 1. The molecule has 0 saturated heterocycles. The lowest BCUT2D eigenvalue weighted by Crippen LogP contribution is -2.35. The van der Waals surface area contributed by atoms with Crippen molar-refractivity contribution in [3.8, 4) is 0 Å². The number of benzene rings is 1. The van der Waals surface area contributed by atoms with Gasteiger partial charge in [-0.3, -0.25) is 4.31 Å². The number of para-hydroxylation sites is 2. The number of anilines is 2. The maximum atomic E-state index is 12.3. The predicted molar refractivity (Wildman–Crippen MR) is 70.4 cm³/mol. The summed E-state index contributed by atoms with van der Waals surface area (Å²) in [7, 11) is -3.21. The first kappa shape index (κ1) is 12.2. The lowest BCUT2D eigenvalue weighted by molar-refractivity contribution is 0.589. The van der Waals surface area contributed by atoms with Gasteiger partial charge in [0.05, 0.1) is 16.6 Å². The Morgan fingerprint density at radius 3 is 2.53 bits per heavy atom. The molecule has 0 radical (unpaired) electrons. The highest BCUT2D eigenvalue weighted by molar-refractivity contribution is 7.93. The topological polar surface area (TPSA) is 63.4 Å². The molecule has 5 heteroatoms. The number of hydrogen-bond acceptors (Lipinski definition) is 3. The second-order valence-electron chi connectivity index (χ2n) is 4.38.